The summed E-state index contributed by atoms with van der Waals surface area (Å²) in [7, 11) is 0. The maximum absolute atomic E-state index is 8.33. The van der Waals surface area contributed by atoms with Crippen LogP contribution in [-0.4, -0.2) is 51.4 Å². The van der Waals surface area contributed by atoms with Gasteiger partial charge in [0.2, 0.25) is 0 Å². The molecule has 0 saturated carbocycles. The van der Waals surface area contributed by atoms with Crippen LogP contribution >= 0.6 is 0 Å². The second-order valence-electron chi connectivity index (χ2n) is 2.17. The summed E-state index contributed by atoms with van der Waals surface area (Å²) in [6, 6.07) is 0. The number of hydrogen-bond acceptors (Lipinski definition) is 5. The Kier molecular flexibility index (Phi) is 10.6. The van der Waals surface area contributed by atoms with Crippen LogP contribution in [0.3, 0.4) is 0 Å². The number of ether oxygens (including phenoxy) is 2. The Balaban J connectivity index is 2.73. The fourth-order valence-electron chi connectivity index (χ4n) is 0.629. The molecule has 0 rings (SSSR count). The molecule has 0 heterocycles. The topological polar surface area (TPSA) is 76.7 Å². The minimum atomic E-state index is -0.00691. The van der Waals surface area contributed by atoms with Crippen LogP contribution in [0.5, 0.6) is 0 Å². The molecule has 0 unspecified atom stereocenters. The van der Waals surface area contributed by atoms with Gasteiger partial charge in [0.05, 0.1) is 33.2 Å². The minimum Gasteiger partial charge on any atom is -0.381 e. The first-order chi connectivity index (χ1) is 5.91. The van der Waals surface area contributed by atoms with E-state index in [1.165, 1.54) is 0 Å². The summed E-state index contributed by atoms with van der Waals surface area (Å²) in [6.45, 7) is 3.53. The van der Waals surface area contributed by atoms with E-state index in [1.807, 2.05) is 0 Å². The largest absolute Gasteiger partial charge is 0.381 e. The van der Waals surface area contributed by atoms with Crippen LogP contribution in [-0.2, 0) is 9.47 Å². The molecule has 5 heteroatoms. The van der Waals surface area contributed by atoms with Crippen molar-refractivity contribution in [1.82, 2.24) is 5.32 Å². The third-order valence-corrected chi connectivity index (χ3v) is 1.17. The molecule has 0 fully saturated rings. The Morgan fingerprint density at radius 1 is 1.08 bits per heavy atom. The van der Waals surface area contributed by atoms with Gasteiger partial charge in [0.25, 0.3) is 0 Å². The first-order valence-electron chi connectivity index (χ1n) is 4.09. The molecular weight excluding hydrogens is 160 g/mol. The molecule has 74 valence electrons. The first kappa shape index (κ1) is 11.8. The summed E-state index contributed by atoms with van der Waals surface area (Å²) in [5.41, 5.74) is 5.21. The van der Waals surface area contributed by atoms with Gasteiger partial charge in [0, 0.05) is 13.1 Å². The standard InChI is InChI=1S/C7H18N2O3/c8-1-3-11-5-6-12-4-2-9-7-10/h9-10H,1-8H2. The summed E-state index contributed by atoms with van der Waals surface area (Å²) >= 11 is 0. The quantitative estimate of drug-likeness (QED) is 0.296. The van der Waals surface area contributed by atoms with Crippen LogP contribution in [0.1, 0.15) is 0 Å². The Morgan fingerprint density at radius 2 is 1.75 bits per heavy atom. The van der Waals surface area contributed by atoms with Gasteiger partial charge in [-0.15, -0.1) is 0 Å². The predicted octanol–water partition coefficient (Wildman–Crippen LogP) is -1.48. The third-order valence-electron chi connectivity index (χ3n) is 1.17. The number of aliphatic hydroxyl groups excluding tert-OH is 1. The molecule has 4 N–H and O–H groups in total. The summed E-state index contributed by atoms with van der Waals surface area (Å²) in [5.74, 6) is 0. The van der Waals surface area contributed by atoms with Gasteiger partial charge in [0.15, 0.2) is 0 Å². The van der Waals surface area contributed by atoms with Crippen molar-refractivity contribution >= 4 is 0 Å². The summed E-state index contributed by atoms with van der Waals surface area (Å²) < 4.78 is 10.2. The average molecular weight is 178 g/mol. The minimum absolute atomic E-state index is 0.00691. The van der Waals surface area contributed by atoms with E-state index < -0.39 is 0 Å². The lowest BCUT2D eigenvalue weighted by Crippen LogP contribution is -2.21. The van der Waals surface area contributed by atoms with Crippen LogP contribution in [0.2, 0.25) is 0 Å². The van der Waals surface area contributed by atoms with Crippen molar-refractivity contribution < 1.29 is 14.6 Å². The summed E-state index contributed by atoms with van der Waals surface area (Å²) in [6.07, 6.45) is 0. The number of nitrogens with two attached hydrogens (primary N) is 1. The monoisotopic (exact) mass is 178 g/mol. The molecule has 0 aliphatic carbocycles. The molecule has 0 bridgehead atoms. The summed E-state index contributed by atoms with van der Waals surface area (Å²) in [4.78, 5) is 0. The highest BCUT2D eigenvalue weighted by Gasteiger charge is 1.88. The van der Waals surface area contributed by atoms with Crippen molar-refractivity contribution in [2.75, 3.05) is 46.2 Å². The van der Waals surface area contributed by atoms with Gasteiger partial charge in [-0.05, 0) is 0 Å². The molecule has 0 aromatic carbocycles. The second kappa shape index (κ2) is 10.8. The second-order valence-corrected chi connectivity index (χ2v) is 2.17. The lowest BCUT2D eigenvalue weighted by atomic mass is 10.6. The molecule has 0 aliphatic rings. The van der Waals surface area contributed by atoms with Gasteiger partial charge in [-0.1, -0.05) is 0 Å². The SMILES string of the molecule is NCCOCCOCCNCO. The van der Waals surface area contributed by atoms with Crippen LogP contribution in [0, 0.1) is 0 Å². The Labute approximate surface area is 72.8 Å². The number of rotatable bonds is 9. The van der Waals surface area contributed by atoms with Gasteiger partial charge < -0.3 is 20.3 Å². The Bertz CT molecular complexity index is 73.1. The number of nitrogens with one attached hydrogen (secondary N) is 1. The van der Waals surface area contributed by atoms with Crippen molar-refractivity contribution in [2.24, 2.45) is 5.73 Å². The maximum atomic E-state index is 8.33. The van der Waals surface area contributed by atoms with Crippen LogP contribution in [0.25, 0.3) is 0 Å². The zero-order chi connectivity index (χ0) is 9.07. The van der Waals surface area contributed by atoms with E-state index in [2.05, 4.69) is 5.32 Å². The molecule has 12 heavy (non-hydrogen) atoms. The third kappa shape index (κ3) is 9.80. The number of hydrogen-bond donors (Lipinski definition) is 3. The van der Waals surface area contributed by atoms with E-state index in [1.54, 1.807) is 0 Å². The molecule has 0 aliphatic heterocycles. The van der Waals surface area contributed by atoms with E-state index in [0.29, 0.717) is 39.5 Å². The highest BCUT2D eigenvalue weighted by Crippen LogP contribution is 1.76. The lowest BCUT2D eigenvalue weighted by molar-refractivity contribution is 0.0502. The van der Waals surface area contributed by atoms with Crippen molar-refractivity contribution in [3.8, 4) is 0 Å². The molecule has 0 atom stereocenters. The molecular formula is C7H18N2O3. The van der Waals surface area contributed by atoms with E-state index in [4.69, 9.17) is 20.3 Å². The highest BCUT2D eigenvalue weighted by atomic mass is 16.5. The smallest absolute Gasteiger partial charge is 0.0932 e. The first-order valence-corrected chi connectivity index (χ1v) is 4.09. The van der Waals surface area contributed by atoms with Crippen LogP contribution < -0.4 is 11.1 Å². The summed E-state index contributed by atoms with van der Waals surface area (Å²) in [5, 5.41) is 11.1. The Morgan fingerprint density at radius 3 is 2.33 bits per heavy atom. The molecule has 0 amide bonds. The van der Waals surface area contributed by atoms with Gasteiger partial charge in [-0.25, -0.2) is 0 Å². The molecule has 5 nitrogen and oxygen atoms in total. The van der Waals surface area contributed by atoms with Crippen molar-refractivity contribution in [1.29, 1.82) is 0 Å². The zero-order valence-electron chi connectivity index (χ0n) is 7.29. The van der Waals surface area contributed by atoms with E-state index >= 15 is 0 Å². The molecule has 0 radical (unpaired) electrons. The van der Waals surface area contributed by atoms with Gasteiger partial charge in [-0.2, -0.15) is 0 Å². The maximum Gasteiger partial charge on any atom is 0.0932 e. The highest BCUT2D eigenvalue weighted by molar-refractivity contribution is 4.38. The zero-order valence-corrected chi connectivity index (χ0v) is 7.29. The number of aliphatic hydroxyl groups is 1. The lowest BCUT2D eigenvalue weighted by Gasteiger charge is -2.04. The van der Waals surface area contributed by atoms with E-state index in [0.717, 1.165) is 0 Å². The average Bonchev–Trinajstić information content (AvgIpc) is 2.10. The van der Waals surface area contributed by atoms with Gasteiger partial charge in [-0.3, -0.25) is 5.32 Å². The fourth-order valence-corrected chi connectivity index (χ4v) is 0.629. The Hall–Kier alpha value is -0.200. The van der Waals surface area contributed by atoms with Crippen molar-refractivity contribution in [2.45, 2.75) is 0 Å². The van der Waals surface area contributed by atoms with E-state index in [-0.39, 0.29) is 6.73 Å². The molecule has 0 saturated heterocycles. The molecule has 0 aromatic rings. The van der Waals surface area contributed by atoms with Crippen LogP contribution in [0.4, 0.5) is 0 Å². The van der Waals surface area contributed by atoms with Gasteiger partial charge in [0.1, 0.15) is 0 Å². The fraction of sp³-hybridized carbons (Fsp3) is 1.00. The molecule has 0 aromatic heterocycles. The van der Waals surface area contributed by atoms with Crippen molar-refractivity contribution in [3.63, 3.8) is 0 Å². The van der Waals surface area contributed by atoms with E-state index in [9.17, 15) is 0 Å². The molecule has 0 spiro atoms. The van der Waals surface area contributed by atoms with Gasteiger partial charge >= 0.3 is 0 Å². The normalized spacial score (nSPS) is 10.5. The predicted molar refractivity (Wildman–Crippen MR) is 45.8 cm³/mol. The van der Waals surface area contributed by atoms with Crippen LogP contribution in [0.15, 0.2) is 0 Å². The van der Waals surface area contributed by atoms with Crippen molar-refractivity contribution in [3.05, 3.63) is 0 Å².